The number of benzene rings is 1. The van der Waals surface area contributed by atoms with Crippen LogP contribution in [0.1, 0.15) is 16.1 Å². The van der Waals surface area contributed by atoms with Crippen LogP contribution in [-0.2, 0) is 11.2 Å². The Morgan fingerprint density at radius 2 is 1.93 bits per heavy atom. The average Bonchev–Trinajstić information content (AvgIpc) is 3.29. The zero-order chi connectivity index (χ0) is 20.5. The number of aromatic nitrogens is 2. The molecule has 0 saturated carbocycles. The first-order chi connectivity index (χ1) is 14.1. The highest BCUT2D eigenvalue weighted by Gasteiger charge is 2.10. The van der Waals surface area contributed by atoms with Crippen molar-refractivity contribution in [3.63, 3.8) is 0 Å². The Morgan fingerprint density at radius 1 is 1.10 bits per heavy atom. The summed E-state index contributed by atoms with van der Waals surface area (Å²) in [6.07, 6.45) is 2.16. The average molecular weight is 412 g/mol. The highest BCUT2D eigenvalue weighted by atomic mass is 32.2. The van der Waals surface area contributed by atoms with Crippen molar-refractivity contribution in [2.45, 2.75) is 11.4 Å². The van der Waals surface area contributed by atoms with Crippen LogP contribution in [0.4, 0.5) is 5.82 Å². The lowest BCUT2D eigenvalue weighted by Gasteiger charge is -2.06. The number of hydrogen-bond acceptors (Lipinski definition) is 7. The van der Waals surface area contributed by atoms with Gasteiger partial charge in [-0.3, -0.25) is 9.59 Å². The molecule has 0 radical (unpaired) electrons. The third-order valence-electron chi connectivity index (χ3n) is 3.87. The zero-order valence-corrected chi connectivity index (χ0v) is 16.6. The van der Waals surface area contributed by atoms with Crippen LogP contribution >= 0.6 is 11.8 Å². The molecule has 0 unspecified atom stereocenters. The van der Waals surface area contributed by atoms with E-state index >= 15 is 0 Å². The summed E-state index contributed by atoms with van der Waals surface area (Å²) in [5.41, 5.74) is 1.12. The van der Waals surface area contributed by atoms with Crippen LogP contribution in [-0.4, -0.2) is 41.4 Å². The molecule has 2 amide bonds. The molecule has 0 saturated heterocycles. The van der Waals surface area contributed by atoms with E-state index in [1.165, 1.54) is 18.0 Å². The lowest BCUT2D eigenvalue weighted by molar-refractivity contribution is -0.118. The Balaban J connectivity index is 1.37. The predicted molar refractivity (Wildman–Crippen MR) is 109 cm³/mol. The molecule has 9 heteroatoms. The fourth-order valence-corrected chi connectivity index (χ4v) is 3.02. The highest BCUT2D eigenvalue weighted by Crippen LogP contribution is 2.16. The van der Waals surface area contributed by atoms with Crippen molar-refractivity contribution in [1.82, 2.24) is 15.5 Å². The van der Waals surface area contributed by atoms with Crippen molar-refractivity contribution in [1.29, 1.82) is 0 Å². The second kappa shape index (κ2) is 10.3. The Labute approximate surface area is 172 Å². The fraction of sp³-hybridized carbons (Fsp3) is 0.200. The molecule has 1 aromatic carbocycles. The molecule has 0 bridgehead atoms. The third kappa shape index (κ3) is 6.35. The molecule has 0 fully saturated rings. The number of ether oxygens (including phenoxy) is 1. The van der Waals surface area contributed by atoms with Gasteiger partial charge in [0.15, 0.2) is 11.6 Å². The number of hydrogen-bond donors (Lipinski definition) is 2. The second-order valence-electron chi connectivity index (χ2n) is 5.92. The Hall–Kier alpha value is -3.33. The SMILES string of the molecule is COc1ccc(CCNC(=O)CSc2ccc(NC(=O)c3ccco3)nn2)cc1. The Kier molecular flexibility index (Phi) is 7.23. The fourth-order valence-electron chi connectivity index (χ4n) is 2.38. The van der Waals surface area contributed by atoms with E-state index in [1.54, 1.807) is 31.4 Å². The number of methoxy groups -OCH3 is 1. The van der Waals surface area contributed by atoms with Gasteiger partial charge in [-0.1, -0.05) is 23.9 Å². The van der Waals surface area contributed by atoms with Crippen LogP contribution in [0.25, 0.3) is 0 Å². The van der Waals surface area contributed by atoms with Gasteiger partial charge in [-0.2, -0.15) is 0 Å². The van der Waals surface area contributed by atoms with Crippen LogP contribution in [0, 0.1) is 0 Å². The summed E-state index contributed by atoms with van der Waals surface area (Å²) >= 11 is 1.27. The molecule has 0 atom stereocenters. The third-order valence-corrected chi connectivity index (χ3v) is 4.79. The molecule has 8 nitrogen and oxygen atoms in total. The van der Waals surface area contributed by atoms with Crippen LogP contribution < -0.4 is 15.4 Å². The molecule has 0 spiro atoms. The van der Waals surface area contributed by atoms with Crippen molar-refractivity contribution in [2.75, 3.05) is 24.7 Å². The monoisotopic (exact) mass is 412 g/mol. The molecular formula is C20H20N4O4S. The van der Waals surface area contributed by atoms with Crippen molar-refractivity contribution in [3.05, 3.63) is 66.1 Å². The van der Waals surface area contributed by atoms with E-state index < -0.39 is 5.91 Å². The van der Waals surface area contributed by atoms with Crippen LogP contribution in [0.3, 0.4) is 0 Å². The van der Waals surface area contributed by atoms with Gasteiger partial charge < -0.3 is 19.8 Å². The summed E-state index contributed by atoms with van der Waals surface area (Å²) in [6, 6.07) is 14.2. The summed E-state index contributed by atoms with van der Waals surface area (Å²) in [5, 5.41) is 14.0. The van der Waals surface area contributed by atoms with Gasteiger partial charge in [0.05, 0.1) is 19.1 Å². The van der Waals surface area contributed by atoms with E-state index in [-0.39, 0.29) is 17.4 Å². The van der Waals surface area contributed by atoms with Crippen molar-refractivity contribution in [2.24, 2.45) is 0 Å². The summed E-state index contributed by atoms with van der Waals surface area (Å²) in [6.45, 7) is 0.551. The maximum Gasteiger partial charge on any atom is 0.292 e. The molecule has 29 heavy (non-hydrogen) atoms. The van der Waals surface area contributed by atoms with Crippen LogP contribution in [0.5, 0.6) is 5.75 Å². The number of furan rings is 1. The molecule has 2 N–H and O–H groups in total. The highest BCUT2D eigenvalue weighted by molar-refractivity contribution is 7.99. The minimum atomic E-state index is -0.402. The first-order valence-corrected chi connectivity index (χ1v) is 9.83. The molecule has 0 aliphatic heterocycles. The van der Waals surface area contributed by atoms with E-state index in [1.807, 2.05) is 24.3 Å². The van der Waals surface area contributed by atoms with E-state index in [4.69, 9.17) is 9.15 Å². The van der Waals surface area contributed by atoms with Gasteiger partial charge in [0.2, 0.25) is 5.91 Å². The van der Waals surface area contributed by atoms with Gasteiger partial charge >= 0.3 is 0 Å². The first-order valence-electron chi connectivity index (χ1n) is 8.85. The summed E-state index contributed by atoms with van der Waals surface area (Å²) in [7, 11) is 1.63. The number of nitrogens with zero attached hydrogens (tertiary/aromatic N) is 2. The smallest absolute Gasteiger partial charge is 0.292 e. The number of thioether (sulfide) groups is 1. The molecule has 2 heterocycles. The number of amides is 2. The molecule has 3 rings (SSSR count). The lowest BCUT2D eigenvalue weighted by atomic mass is 10.1. The quantitative estimate of drug-likeness (QED) is 0.521. The van der Waals surface area contributed by atoms with Gasteiger partial charge in [0, 0.05) is 6.54 Å². The summed E-state index contributed by atoms with van der Waals surface area (Å²) < 4.78 is 10.1. The van der Waals surface area contributed by atoms with E-state index in [2.05, 4.69) is 20.8 Å². The normalized spacial score (nSPS) is 10.4. The van der Waals surface area contributed by atoms with Crippen molar-refractivity contribution < 1.29 is 18.7 Å². The number of carbonyl (C=O) groups excluding carboxylic acids is 2. The Bertz CT molecular complexity index is 928. The van der Waals surface area contributed by atoms with Gasteiger partial charge in [-0.05, 0) is 48.4 Å². The van der Waals surface area contributed by atoms with E-state index in [9.17, 15) is 9.59 Å². The minimum absolute atomic E-state index is 0.0829. The minimum Gasteiger partial charge on any atom is -0.497 e. The lowest BCUT2D eigenvalue weighted by Crippen LogP contribution is -2.27. The Morgan fingerprint density at radius 3 is 2.59 bits per heavy atom. The van der Waals surface area contributed by atoms with Gasteiger partial charge in [-0.15, -0.1) is 10.2 Å². The predicted octanol–water partition coefficient (Wildman–Crippen LogP) is 2.78. The molecule has 150 valence electrons. The van der Waals surface area contributed by atoms with E-state index in [0.29, 0.717) is 17.4 Å². The van der Waals surface area contributed by atoms with Gasteiger partial charge in [0.1, 0.15) is 10.8 Å². The second-order valence-corrected chi connectivity index (χ2v) is 6.92. The summed E-state index contributed by atoms with van der Waals surface area (Å²) in [4.78, 5) is 23.9. The molecule has 0 aliphatic rings. The zero-order valence-electron chi connectivity index (χ0n) is 15.8. The maximum atomic E-state index is 12.0. The van der Waals surface area contributed by atoms with Crippen LogP contribution in [0.2, 0.25) is 0 Å². The molecule has 2 aromatic heterocycles. The number of nitrogens with one attached hydrogen (secondary N) is 2. The number of anilines is 1. The molecular weight excluding hydrogens is 392 g/mol. The van der Waals surface area contributed by atoms with Crippen molar-refractivity contribution >= 4 is 29.4 Å². The summed E-state index contributed by atoms with van der Waals surface area (Å²) in [5.74, 6) is 1.05. The number of carbonyl (C=O) groups is 2. The standard InChI is InChI=1S/C20H20N4O4S/c1-27-15-6-4-14(5-7-15)10-11-21-18(25)13-29-19-9-8-17(23-24-19)22-20(26)16-3-2-12-28-16/h2-9,12H,10-11,13H2,1H3,(H,21,25)(H,22,23,26). The topological polar surface area (TPSA) is 106 Å². The van der Waals surface area contributed by atoms with Gasteiger partial charge in [0.25, 0.3) is 5.91 Å². The van der Waals surface area contributed by atoms with Crippen molar-refractivity contribution in [3.8, 4) is 5.75 Å². The van der Waals surface area contributed by atoms with E-state index in [0.717, 1.165) is 17.7 Å². The van der Waals surface area contributed by atoms with Crippen LogP contribution in [0.15, 0.2) is 64.2 Å². The molecule has 3 aromatic rings. The largest absolute Gasteiger partial charge is 0.497 e. The first kappa shape index (κ1) is 20.4. The molecule has 0 aliphatic carbocycles. The maximum absolute atomic E-state index is 12.0. The number of rotatable bonds is 9. The van der Waals surface area contributed by atoms with Gasteiger partial charge in [-0.25, -0.2) is 0 Å².